The van der Waals surface area contributed by atoms with Gasteiger partial charge in [0.25, 0.3) is 0 Å². The minimum Gasteiger partial charge on any atom is -0.410 e. The van der Waals surface area contributed by atoms with Crippen LogP contribution in [0.1, 0.15) is 24.3 Å². The number of primary amides is 1. The minimum atomic E-state index is -1.09. The third-order valence-electron chi connectivity index (χ3n) is 2.90. The molecule has 1 fully saturated rings. The van der Waals surface area contributed by atoms with E-state index in [-0.39, 0.29) is 17.2 Å². The molecule has 1 heterocycles. The fourth-order valence-corrected chi connectivity index (χ4v) is 3.22. The van der Waals surface area contributed by atoms with E-state index < -0.39 is 17.7 Å². The first-order valence-electron chi connectivity index (χ1n) is 5.62. The van der Waals surface area contributed by atoms with Crippen molar-refractivity contribution >= 4 is 17.9 Å². The summed E-state index contributed by atoms with van der Waals surface area (Å²) in [5.41, 5.74) is 4.89. The number of carbonyl (C=O) groups excluding carboxylic acids is 1. The molecule has 1 saturated heterocycles. The summed E-state index contributed by atoms with van der Waals surface area (Å²) >= 11 is 1.79. The lowest BCUT2D eigenvalue weighted by Gasteiger charge is -2.22. The van der Waals surface area contributed by atoms with Gasteiger partial charge in [-0.05, 0) is 30.3 Å². The summed E-state index contributed by atoms with van der Waals surface area (Å²) in [7, 11) is 0. The Morgan fingerprint density at radius 1 is 1.28 bits per heavy atom. The van der Waals surface area contributed by atoms with Crippen molar-refractivity contribution in [3.05, 3.63) is 29.3 Å². The number of thioether (sulfide) groups is 1. The van der Waals surface area contributed by atoms with E-state index in [2.05, 4.69) is 4.74 Å². The van der Waals surface area contributed by atoms with Crippen molar-refractivity contribution in [1.29, 1.82) is 0 Å². The lowest BCUT2D eigenvalue weighted by atomic mass is 9.92. The third kappa shape index (κ3) is 2.93. The van der Waals surface area contributed by atoms with Crippen LogP contribution in [0.25, 0.3) is 0 Å². The molecule has 0 aromatic heterocycles. The number of benzene rings is 1. The highest BCUT2D eigenvalue weighted by molar-refractivity contribution is 7.99. The Hall–Kier alpha value is -1.30. The molecule has 3 nitrogen and oxygen atoms in total. The average Bonchev–Trinajstić information content (AvgIpc) is 2.28. The zero-order valence-electron chi connectivity index (χ0n) is 9.62. The molecule has 1 aliphatic heterocycles. The van der Waals surface area contributed by atoms with Crippen LogP contribution in [0, 0.1) is 11.6 Å². The third-order valence-corrected chi connectivity index (χ3v) is 3.95. The number of amides is 1. The van der Waals surface area contributed by atoms with Crippen molar-refractivity contribution in [3.8, 4) is 5.75 Å². The van der Waals surface area contributed by atoms with E-state index in [1.54, 1.807) is 11.8 Å². The van der Waals surface area contributed by atoms with Crippen LogP contribution in [-0.4, -0.2) is 17.6 Å². The van der Waals surface area contributed by atoms with Gasteiger partial charge in [-0.25, -0.2) is 13.6 Å². The van der Waals surface area contributed by atoms with E-state index in [0.29, 0.717) is 0 Å². The van der Waals surface area contributed by atoms with Crippen LogP contribution in [0.2, 0.25) is 0 Å². The molecule has 6 heteroatoms. The molecule has 0 radical (unpaired) electrons. The quantitative estimate of drug-likeness (QED) is 0.901. The van der Waals surface area contributed by atoms with E-state index in [9.17, 15) is 13.6 Å². The molecular formula is C12H13F2NO2S. The topological polar surface area (TPSA) is 52.3 Å². The van der Waals surface area contributed by atoms with Crippen LogP contribution in [0.4, 0.5) is 13.6 Å². The number of hydrogen-bond acceptors (Lipinski definition) is 3. The van der Waals surface area contributed by atoms with Crippen molar-refractivity contribution in [2.24, 2.45) is 5.73 Å². The summed E-state index contributed by atoms with van der Waals surface area (Å²) in [6, 6.07) is 2.01. The Labute approximate surface area is 108 Å². The van der Waals surface area contributed by atoms with Gasteiger partial charge in [-0.15, -0.1) is 0 Å². The summed E-state index contributed by atoms with van der Waals surface area (Å²) in [5.74, 6) is 0.151. The number of halogens is 2. The second-order valence-electron chi connectivity index (χ2n) is 4.11. The lowest BCUT2D eigenvalue weighted by Crippen LogP contribution is -2.17. The predicted molar refractivity (Wildman–Crippen MR) is 65.9 cm³/mol. The molecule has 1 aromatic carbocycles. The second-order valence-corrected chi connectivity index (χ2v) is 5.33. The van der Waals surface area contributed by atoms with E-state index in [4.69, 9.17) is 5.73 Å². The summed E-state index contributed by atoms with van der Waals surface area (Å²) < 4.78 is 32.2. The van der Waals surface area contributed by atoms with Gasteiger partial charge >= 0.3 is 6.09 Å². The van der Waals surface area contributed by atoms with Gasteiger partial charge in [-0.1, -0.05) is 0 Å². The molecule has 1 aliphatic rings. The number of ether oxygens (including phenoxy) is 1. The summed E-state index contributed by atoms with van der Waals surface area (Å²) in [6.07, 6.45) is 0.430. The predicted octanol–water partition coefficient (Wildman–Crippen LogP) is 3.03. The number of nitrogens with two attached hydrogens (primary N) is 1. The Kier molecular flexibility index (Phi) is 4.06. The molecule has 1 amide bonds. The van der Waals surface area contributed by atoms with E-state index in [0.717, 1.165) is 36.5 Å². The highest BCUT2D eigenvalue weighted by atomic mass is 32.2. The molecule has 1 aromatic rings. The number of rotatable bonds is 2. The standard InChI is InChI=1S/C12H13F2NO2S/c13-9-5-8(17-12(15)16)6-10(14)11(9)7-1-3-18-4-2-7/h5-7H,1-4H2,(H2,15,16). The molecular weight excluding hydrogens is 260 g/mol. The molecule has 0 atom stereocenters. The van der Waals surface area contributed by atoms with Crippen molar-refractivity contribution in [2.45, 2.75) is 18.8 Å². The van der Waals surface area contributed by atoms with Gasteiger partial charge < -0.3 is 10.5 Å². The van der Waals surface area contributed by atoms with Crippen molar-refractivity contribution in [1.82, 2.24) is 0 Å². The van der Waals surface area contributed by atoms with Crippen LogP contribution in [0.5, 0.6) is 5.75 Å². The van der Waals surface area contributed by atoms with E-state index >= 15 is 0 Å². The maximum atomic E-state index is 13.9. The van der Waals surface area contributed by atoms with Gasteiger partial charge in [0.1, 0.15) is 17.4 Å². The molecule has 0 unspecified atom stereocenters. The Morgan fingerprint density at radius 2 is 1.83 bits per heavy atom. The largest absolute Gasteiger partial charge is 0.410 e. The normalized spacial score (nSPS) is 16.6. The van der Waals surface area contributed by atoms with Crippen molar-refractivity contribution in [2.75, 3.05) is 11.5 Å². The molecule has 2 N–H and O–H groups in total. The maximum Gasteiger partial charge on any atom is 0.409 e. The molecule has 18 heavy (non-hydrogen) atoms. The SMILES string of the molecule is NC(=O)Oc1cc(F)c(C2CCSCC2)c(F)c1. The highest BCUT2D eigenvalue weighted by Gasteiger charge is 2.23. The van der Waals surface area contributed by atoms with Crippen LogP contribution in [0.3, 0.4) is 0 Å². The maximum absolute atomic E-state index is 13.9. The first kappa shape index (κ1) is 13.1. The smallest absolute Gasteiger partial charge is 0.409 e. The summed E-state index contributed by atoms with van der Waals surface area (Å²) in [6.45, 7) is 0. The average molecular weight is 273 g/mol. The Balaban J connectivity index is 2.28. The summed E-state index contributed by atoms with van der Waals surface area (Å²) in [5, 5.41) is 0. The van der Waals surface area contributed by atoms with Gasteiger partial charge in [0.15, 0.2) is 0 Å². The van der Waals surface area contributed by atoms with Crippen LogP contribution >= 0.6 is 11.8 Å². The van der Waals surface area contributed by atoms with Gasteiger partial charge in [-0.2, -0.15) is 11.8 Å². The monoisotopic (exact) mass is 273 g/mol. The number of carbonyl (C=O) groups is 1. The Morgan fingerprint density at radius 3 is 2.33 bits per heavy atom. The molecule has 0 aliphatic carbocycles. The van der Waals surface area contributed by atoms with Crippen LogP contribution < -0.4 is 10.5 Å². The van der Waals surface area contributed by atoms with Gasteiger partial charge in [0, 0.05) is 17.7 Å². The van der Waals surface area contributed by atoms with Gasteiger partial charge in [0.05, 0.1) is 0 Å². The van der Waals surface area contributed by atoms with E-state index in [1.165, 1.54) is 0 Å². The van der Waals surface area contributed by atoms with Crippen LogP contribution in [-0.2, 0) is 0 Å². The molecule has 0 saturated carbocycles. The van der Waals surface area contributed by atoms with Crippen LogP contribution in [0.15, 0.2) is 12.1 Å². The first-order valence-corrected chi connectivity index (χ1v) is 6.77. The van der Waals surface area contributed by atoms with Crippen molar-refractivity contribution < 1.29 is 18.3 Å². The zero-order valence-corrected chi connectivity index (χ0v) is 10.4. The first-order chi connectivity index (χ1) is 8.58. The zero-order chi connectivity index (χ0) is 13.1. The molecule has 2 rings (SSSR count). The number of hydrogen-bond donors (Lipinski definition) is 1. The highest BCUT2D eigenvalue weighted by Crippen LogP contribution is 2.35. The molecule has 98 valence electrons. The van der Waals surface area contributed by atoms with Crippen molar-refractivity contribution in [3.63, 3.8) is 0 Å². The van der Waals surface area contributed by atoms with Gasteiger partial charge in [-0.3, -0.25) is 0 Å². The van der Waals surface area contributed by atoms with Gasteiger partial charge in [0.2, 0.25) is 0 Å². The second kappa shape index (κ2) is 5.56. The van der Waals surface area contributed by atoms with E-state index in [1.807, 2.05) is 0 Å². The molecule has 0 spiro atoms. The molecule has 0 bridgehead atoms. The Bertz CT molecular complexity index is 438. The fourth-order valence-electron chi connectivity index (χ4n) is 2.11. The minimum absolute atomic E-state index is 0.0899. The summed E-state index contributed by atoms with van der Waals surface area (Å²) in [4.78, 5) is 10.5. The fraction of sp³-hybridized carbons (Fsp3) is 0.417. The lowest BCUT2D eigenvalue weighted by molar-refractivity contribution is 0.210.